The lowest BCUT2D eigenvalue weighted by Gasteiger charge is -2.08. The number of benzene rings is 1. The van der Waals surface area contributed by atoms with Crippen molar-refractivity contribution in [2.45, 2.75) is 6.54 Å². The fourth-order valence-electron chi connectivity index (χ4n) is 1.37. The summed E-state index contributed by atoms with van der Waals surface area (Å²) in [5.74, 6) is 0.745. The molecule has 0 unspecified atom stereocenters. The zero-order valence-corrected chi connectivity index (χ0v) is 11.9. The summed E-state index contributed by atoms with van der Waals surface area (Å²) in [6.45, 7) is 0.618. The maximum atomic E-state index is 6.06. The lowest BCUT2D eigenvalue weighted by atomic mass is 10.2. The van der Waals surface area contributed by atoms with E-state index in [0.29, 0.717) is 11.6 Å². The summed E-state index contributed by atoms with van der Waals surface area (Å²) in [6.07, 6.45) is 1.60. The number of aromatic nitrogens is 1. The number of hydrogen-bond donors (Lipinski definition) is 1. The molecule has 0 amide bonds. The number of pyridine rings is 1. The molecule has 0 saturated heterocycles. The fraction of sp³-hybridized carbons (Fsp3) is 0.0833. The van der Waals surface area contributed by atoms with Crippen LogP contribution < -0.4 is 5.32 Å². The van der Waals surface area contributed by atoms with Gasteiger partial charge in [-0.25, -0.2) is 4.98 Å². The molecule has 0 saturated carbocycles. The van der Waals surface area contributed by atoms with Crippen LogP contribution in [0.25, 0.3) is 0 Å². The molecule has 0 aliphatic carbocycles. The Hall–Kier alpha value is -0.770. The third kappa shape index (κ3) is 3.35. The molecule has 17 heavy (non-hydrogen) atoms. The van der Waals surface area contributed by atoms with Gasteiger partial charge in [0.15, 0.2) is 0 Å². The number of nitrogens with one attached hydrogen (secondary N) is 1. The highest BCUT2D eigenvalue weighted by Crippen LogP contribution is 2.24. The molecule has 1 aromatic heterocycles. The van der Waals surface area contributed by atoms with Gasteiger partial charge in [0.25, 0.3) is 0 Å². The van der Waals surface area contributed by atoms with Gasteiger partial charge in [-0.05, 0) is 33.6 Å². The summed E-state index contributed by atoms with van der Waals surface area (Å²) in [7, 11) is 0. The average molecular weight is 332 g/mol. The minimum atomic E-state index is 0.597. The Morgan fingerprint density at radius 1 is 1.24 bits per heavy atom. The Kier molecular flexibility index (Phi) is 4.26. The van der Waals surface area contributed by atoms with E-state index in [0.717, 1.165) is 20.9 Å². The Balaban J connectivity index is 2.10. The lowest BCUT2D eigenvalue weighted by molar-refractivity contribution is 1.11. The van der Waals surface area contributed by atoms with Crippen LogP contribution in [0.15, 0.2) is 41.0 Å². The van der Waals surface area contributed by atoms with E-state index in [9.17, 15) is 0 Å². The quantitative estimate of drug-likeness (QED) is 0.876. The van der Waals surface area contributed by atoms with Crippen LogP contribution in [-0.4, -0.2) is 4.98 Å². The van der Waals surface area contributed by atoms with Crippen LogP contribution in [0.4, 0.5) is 5.82 Å². The monoisotopic (exact) mass is 330 g/mol. The lowest BCUT2D eigenvalue weighted by Crippen LogP contribution is -2.02. The molecule has 1 aromatic carbocycles. The normalized spacial score (nSPS) is 10.3. The van der Waals surface area contributed by atoms with E-state index >= 15 is 0 Å². The molecule has 0 aliphatic rings. The summed E-state index contributed by atoms with van der Waals surface area (Å²) in [5.41, 5.74) is 1.03. The first kappa shape index (κ1) is 12.7. The summed E-state index contributed by atoms with van der Waals surface area (Å²) in [6, 6.07) is 9.49. The van der Waals surface area contributed by atoms with Crippen molar-refractivity contribution in [2.75, 3.05) is 5.32 Å². The number of anilines is 1. The second-order valence-corrected chi connectivity index (χ2v) is 5.13. The Labute approximate surface area is 118 Å². The van der Waals surface area contributed by atoms with Crippen LogP contribution >= 0.6 is 39.1 Å². The van der Waals surface area contributed by atoms with Gasteiger partial charge >= 0.3 is 0 Å². The molecule has 0 spiro atoms. The van der Waals surface area contributed by atoms with Gasteiger partial charge < -0.3 is 5.32 Å². The van der Waals surface area contributed by atoms with Gasteiger partial charge in [-0.15, -0.1) is 0 Å². The molecule has 0 atom stereocenters. The predicted molar refractivity (Wildman–Crippen MR) is 75.7 cm³/mol. The Bertz CT molecular complexity index is 532. The molecule has 1 heterocycles. The van der Waals surface area contributed by atoms with E-state index in [1.165, 1.54) is 0 Å². The van der Waals surface area contributed by atoms with E-state index < -0.39 is 0 Å². The summed E-state index contributed by atoms with van der Waals surface area (Å²) in [4.78, 5) is 4.19. The highest BCUT2D eigenvalue weighted by Gasteiger charge is 2.03. The first-order valence-electron chi connectivity index (χ1n) is 4.95. The van der Waals surface area contributed by atoms with Crippen molar-refractivity contribution in [3.8, 4) is 0 Å². The fourth-order valence-corrected chi connectivity index (χ4v) is 2.35. The topological polar surface area (TPSA) is 24.9 Å². The van der Waals surface area contributed by atoms with Gasteiger partial charge in [-0.2, -0.15) is 0 Å². The van der Waals surface area contributed by atoms with Crippen molar-refractivity contribution in [3.63, 3.8) is 0 Å². The standard InChI is InChI=1S/C12H9BrCl2N2/c13-10-5-9(14)7-17-12(10)16-6-8-3-1-2-4-11(8)15/h1-5,7H,6H2,(H,16,17). The van der Waals surface area contributed by atoms with E-state index in [2.05, 4.69) is 26.2 Å². The molecular formula is C12H9BrCl2N2. The highest BCUT2D eigenvalue weighted by atomic mass is 79.9. The smallest absolute Gasteiger partial charge is 0.140 e. The van der Waals surface area contributed by atoms with Crippen LogP contribution in [0, 0.1) is 0 Å². The Morgan fingerprint density at radius 3 is 2.71 bits per heavy atom. The van der Waals surface area contributed by atoms with Crippen LogP contribution in [0.1, 0.15) is 5.56 Å². The predicted octanol–water partition coefficient (Wildman–Crippen LogP) is 4.76. The molecule has 5 heteroatoms. The van der Waals surface area contributed by atoms with Crippen LogP contribution in [0.5, 0.6) is 0 Å². The SMILES string of the molecule is Clc1cnc(NCc2ccccc2Cl)c(Br)c1. The summed E-state index contributed by atoms with van der Waals surface area (Å²) in [5, 5.41) is 4.53. The van der Waals surface area contributed by atoms with E-state index in [4.69, 9.17) is 23.2 Å². The van der Waals surface area contributed by atoms with Crippen molar-refractivity contribution >= 4 is 44.9 Å². The van der Waals surface area contributed by atoms with E-state index in [1.54, 1.807) is 12.3 Å². The largest absolute Gasteiger partial charge is 0.365 e. The maximum absolute atomic E-state index is 6.06. The first-order chi connectivity index (χ1) is 8.16. The van der Waals surface area contributed by atoms with Crippen molar-refractivity contribution < 1.29 is 0 Å². The zero-order valence-electron chi connectivity index (χ0n) is 8.75. The molecule has 2 nitrogen and oxygen atoms in total. The Morgan fingerprint density at radius 2 is 2.00 bits per heavy atom. The van der Waals surface area contributed by atoms with E-state index in [1.807, 2.05) is 24.3 Å². The molecule has 0 bridgehead atoms. The first-order valence-corrected chi connectivity index (χ1v) is 6.50. The molecule has 2 rings (SSSR count). The molecule has 0 radical (unpaired) electrons. The molecule has 2 aromatic rings. The minimum absolute atomic E-state index is 0.597. The third-order valence-corrected chi connectivity index (χ3v) is 3.39. The third-order valence-electron chi connectivity index (χ3n) is 2.21. The molecule has 0 aliphatic heterocycles. The number of rotatable bonds is 3. The van der Waals surface area contributed by atoms with Crippen molar-refractivity contribution in [1.29, 1.82) is 0 Å². The van der Waals surface area contributed by atoms with Crippen molar-refractivity contribution in [3.05, 3.63) is 56.6 Å². The average Bonchev–Trinajstić information content (AvgIpc) is 2.30. The second kappa shape index (κ2) is 5.71. The molecule has 88 valence electrons. The highest BCUT2D eigenvalue weighted by molar-refractivity contribution is 9.10. The number of halogens is 3. The summed E-state index contributed by atoms with van der Waals surface area (Å²) >= 11 is 15.3. The van der Waals surface area contributed by atoms with Crippen molar-refractivity contribution in [2.24, 2.45) is 0 Å². The number of nitrogens with zero attached hydrogens (tertiary/aromatic N) is 1. The van der Waals surface area contributed by atoms with Gasteiger partial charge in [0.2, 0.25) is 0 Å². The van der Waals surface area contributed by atoms with Gasteiger partial charge in [-0.3, -0.25) is 0 Å². The molecule has 1 N–H and O–H groups in total. The van der Waals surface area contributed by atoms with Gasteiger partial charge in [0, 0.05) is 17.8 Å². The summed E-state index contributed by atoms with van der Waals surface area (Å²) < 4.78 is 0.831. The van der Waals surface area contributed by atoms with Crippen LogP contribution in [0.3, 0.4) is 0 Å². The van der Waals surface area contributed by atoms with Crippen LogP contribution in [0.2, 0.25) is 10.0 Å². The maximum Gasteiger partial charge on any atom is 0.140 e. The zero-order chi connectivity index (χ0) is 12.3. The van der Waals surface area contributed by atoms with Gasteiger partial charge in [0.05, 0.1) is 9.50 Å². The molecule has 0 fully saturated rings. The number of hydrogen-bond acceptors (Lipinski definition) is 2. The van der Waals surface area contributed by atoms with E-state index in [-0.39, 0.29) is 0 Å². The van der Waals surface area contributed by atoms with Gasteiger partial charge in [0.1, 0.15) is 5.82 Å². The molecular weight excluding hydrogens is 323 g/mol. The minimum Gasteiger partial charge on any atom is -0.365 e. The van der Waals surface area contributed by atoms with Crippen molar-refractivity contribution in [1.82, 2.24) is 4.98 Å². The second-order valence-electron chi connectivity index (χ2n) is 3.43. The van der Waals surface area contributed by atoms with Gasteiger partial charge in [-0.1, -0.05) is 41.4 Å². The van der Waals surface area contributed by atoms with Crippen LogP contribution in [-0.2, 0) is 6.54 Å².